The summed E-state index contributed by atoms with van der Waals surface area (Å²) in [5.74, 6) is 0.846. The zero-order valence-electron chi connectivity index (χ0n) is 14.5. The number of fused-ring (bicyclic) bond motifs is 1. The van der Waals surface area contributed by atoms with Gasteiger partial charge in [-0.15, -0.1) is 0 Å². The number of aryl methyl sites for hydroxylation is 1. The molecule has 0 saturated carbocycles. The number of carbonyl (C=O) groups is 1. The van der Waals surface area contributed by atoms with Gasteiger partial charge in [0.05, 0.1) is 5.52 Å². The van der Waals surface area contributed by atoms with Crippen LogP contribution in [-0.2, 0) is 11.3 Å². The summed E-state index contributed by atoms with van der Waals surface area (Å²) in [4.78, 5) is 21.0. The van der Waals surface area contributed by atoms with Crippen LogP contribution in [0.5, 0.6) is 0 Å². The molecule has 26 heavy (non-hydrogen) atoms. The van der Waals surface area contributed by atoms with Gasteiger partial charge in [0.1, 0.15) is 11.6 Å². The van der Waals surface area contributed by atoms with Crippen molar-refractivity contribution in [2.75, 3.05) is 31.1 Å². The number of hydrogen-bond donors (Lipinski definition) is 0. The summed E-state index contributed by atoms with van der Waals surface area (Å²) in [5, 5.41) is 0.989. The number of benzene rings is 1. The largest absolute Gasteiger partial charge is 0.353 e. The van der Waals surface area contributed by atoms with E-state index in [1.807, 2.05) is 39.9 Å². The van der Waals surface area contributed by atoms with Gasteiger partial charge in [-0.2, -0.15) is 0 Å². The van der Waals surface area contributed by atoms with Crippen LogP contribution in [0.15, 0.2) is 54.9 Å². The Balaban J connectivity index is 1.33. The maximum absolute atomic E-state index is 13.5. The molecule has 1 saturated heterocycles. The number of hydrogen-bond acceptors (Lipinski definition) is 3. The lowest BCUT2D eigenvalue weighted by Gasteiger charge is -2.35. The Kier molecular flexibility index (Phi) is 4.56. The molecule has 1 aromatic carbocycles. The topological polar surface area (TPSA) is 41.4 Å². The van der Waals surface area contributed by atoms with Crippen LogP contribution in [0.3, 0.4) is 0 Å². The molecule has 0 bridgehead atoms. The van der Waals surface area contributed by atoms with Gasteiger partial charge in [0.25, 0.3) is 0 Å². The van der Waals surface area contributed by atoms with Gasteiger partial charge in [-0.25, -0.2) is 9.37 Å². The zero-order chi connectivity index (χ0) is 17.9. The number of amides is 1. The number of halogens is 1. The van der Waals surface area contributed by atoms with Crippen LogP contribution in [0.1, 0.15) is 6.42 Å². The van der Waals surface area contributed by atoms with E-state index in [1.165, 1.54) is 12.1 Å². The highest BCUT2D eigenvalue weighted by Gasteiger charge is 2.21. The average Bonchev–Trinajstić information content (AvgIpc) is 3.09. The SMILES string of the molecule is O=C(CCn1ccc2ccc(F)cc21)N1CCN(c2ccccn2)CC1. The summed E-state index contributed by atoms with van der Waals surface area (Å²) >= 11 is 0. The highest BCUT2D eigenvalue weighted by molar-refractivity contribution is 5.81. The van der Waals surface area contributed by atoms with Crippen molar-refractivity contribution in [1.29, 1.82) is 0 Å². The Labute approximate surface area is 151 Å². The predicted octanol–water partition coefficient (Wildman–Crippen LogP) is 2.91. The van der Waals surface area contributed by atoms with E-state index >= 15 is 0 Å². The molecule has 4 rings (SSSR count). The molecule has 0 spiro atoms. The number of piperazine rings is 1. The maximum atomic E-state index is 13.5. The number of rotatable bonds is 4. The van der Waals surface area contributed by atoms with Gasteiger partial charge in [0.2, 0.25) is 5.91 Å². The molecule has 6 heteroatoms. The molecule has 0 aliphatic carbocycles. The molecule has 0 N–H and O–H groups in total. The first-order valence-electron chi connectivity index (χ1n) is 8.89. The smallest absolute Gasteiger partial charge is 0.224 e. The quantitative estimate of drug-likeness (QED) is 0.725. The molecule has 1 amide bonds. The molecule has 3 heterocycles. The van der Waals surface area contributed by atoms with E-state index in [0.717, 1.165) is 29.8 Å². The first-order chi connectivity index (χ1) is 12.7. The lowest BCUT2D eigenvalue weighted by molar-refractivity contribution is -0.131. The Bertz CT molecular complexity index is 901. The van der Waals surface area contributed by atoms with Gasteiger partial charge in [-0.3, -0.25) is 4.79 Å². The van der Waals surface area contributed by atoms with Gasteiger partial charge >= 0.3 is 0 Å². The summed E-state index contributed by atoms with van der Waals surface area (Å²) < 4.78 is 15.4. The van der Waals surface area contributed by atoms with Crippen LogP contribution in [0.2, 0.25) is 0 Å². The molecule has 134 valence electrons. The monoisotopic (exact) mass is 352 g/mol. The summed E-state index contributed by atoms with van der Waals surface area (Å²) in [6, 6.07) is 12.6. The van der Waals surface area contributed by atoms with Crippen LogP contribution >= 0.6 is 0 Å². The number of anilines is 1. The van der Waals surface area contributed by atoms with E-state index in [0.29, 0.717) is 26.1 Å². The van der Waals surface area contributed by atoms with Crippen molar-refractivity contribution < 1.29 is 9.18 Å². The van der Waals surface area contributed by atoms with E-state index in [2.05, 4.69) is 9.88 Å². The molecule has 0 unspecified atom stereocenters. The fourth-order valence-electron chi connectivity index (χ4n) is 3.45. The number of carbonyl (C=O) groups excluding carboxylic acids is 1. The highest BCUT2D eigenvalue weighted by atomic mass is 19.1. The van der Waals surface area contributed by atoms with Crippen molar-refractivity contribution >= 4 is 22.6 Å². The van der Waals surface area contributed by atoms with Gasteiger partial charge in [-0.1, -0.05) is 6.07 Å². The van der Waals surface area contributed by atoms with Gasteiger partial charge in [-0.05, 0) is 41.8 Å². The van der Waals surface area contributed by atoms with Crippen molar-refractivity contribution in [3.8, 4) is 0 Å². The standard InChI is InChI=1S/C20H21FN4O/c21-17-5-4-16-6-9-23(18(16)15-17)10-7-20(26)25-13-11-24(12-14-25)19-3-1-2-8-22-19/h1-6,8-9,15H,7,10-14H2. The number of nitrogens with zero attached hydrogens (tertiary/aromatic N) is 4. The Morgan fingerprint density at radius 3 is 2.69 bits per heavy atom. The van der Waals surface area contributed by atoms with E-state index in [4.69, 9.17) is 0 Å². The molecule has 0 atom stereocenters. The third kappa shape index (κ3) is 3.40. The molecule has 2 aromatic heterocycles. The van der Waals surface area contributed by atoms with E-state index in [-0.39, 0.29) is 11.7 Å². The maximum Gasteiger partial charge on any atom is 0.224 e. The summed E-state index contributed by atoms with van der Waals surface area (Å²) in [6.45, 7) is 3.56. The van der Waals surface area contributed by atoms with Crippen molar-refractivity contribution in [2.24, 2.45) is 0 Å². The van der Waals surface area contributed by atoms with Crippen LogP contribution in [0.4, 0.5) is 10.2 Å². The molecular weight excluding hydrogens is 331 g/mol. The fraction of sp³-hybridized carbons (Fsp3) is 0.300. The predicted molar refractivity (Wildman–Crippen MR) is 99.5 cm³/mol. The van der Waals surface area contributed by atoms with Crippen molar-refractivity contribution in [3.05, 3.63) is 60.7 Å². The second-order valence-corrected chi connectivity index (χ2v) is 6.52. The lowest BCUT2D eigenvalue weighted by Crippen LogP contribution is -2.49. The average molecular weight is 352 g/mol. The first kappa shape index (κ1) is 16.6. The first-order valence-corrected chi connectivity index (χ1v) is 8.89. The Morgan fingerprint density at radius 1 is 1.08 bits per heavy atom. The van der Waals surface area contributed by atoms with Crippen molar-refractivity contribution in [3.63, 3.8) is 0 Å². The van der Waals surface area contributed by atoms with Crippen LogP contribution < -0.4 is 4.90 Å². The molecule has 0 radical (unpaired) electrons. The van der Waals surface area contributed by atoms with Crippen molar-refractivity contribution in [2.45, 2.75) is 13.0 Å². The minimum absolute atomic E-state index is 0.143. The molecule has 1 aliphatic rings. The minimum atomic E-state index is -0.255. The van der Waals surface area contributed by atoms with Gasteiger partial charge in [0.15, 0.2) is 0 Å². The highest BCUT2D eigenvalue weighted by Crippen LogP contribution is 2.18. The Hall–Kier alpha value is -2.89. The van der Waals surface area contributed by atoms with Crippen LogP contribution in [-0.4, -0.2) is 46.5 Å². The third-order valence-electron chi connectivity index (χ3n) is 4.91. The van der Waals surface area contributed by atoms with Crippen LogP contribution in [0, 0.1) is 5.82 Å². The van der Waals surface area contributed by atoms with E-state index < -0.39 is 0 Å². The second kappa shape index (κ2) is 7.15. The van der Waals surface area contributed by atoms with Crippen LogP contribution in [0.25, 0.3) is 10.9 Å². The summed E-state index contributed by atoms with van der Waals surface area (Å²) in [5.41, 5.74) is 0.831. The third-order valence-corrected chi connectivity index (χ3v) is 4.91. The number of aromatic nitrogens is 2. The molecule has 1 fully saturated rings. The van der Waals surface area contributed by atoms with E-state index in [9.17, 15) is 9.18 Å². The molecule has 3 aromatic rings. The molecule has 1 aliphatic heterocycles. The normalized spacial score (nSPS) is 14.8. The fourth-order valence-corrected chi connectivity index (χ4v) is 3.45. The number of pyridine rings is 1. The van der Waals surface area contributed by atoms with Gasteiger partial charge in [0, 0.05) is 51.5 Å². The second-order valence-electron chi connectivity index (χ2n) is 6.52. The zero-order valence-corrected chi connectivity index (χ0v) is 14.5. The molecule has 5 nitrogen and oxygen atoms in total. The lowest BCUT2D eigenvalue weighted by atomic mass is 10.2. The van der Waals surface area contributed by atoms with Crippen molar-refractivity contribution in [1.82, 2.24) is 14.5 Å². The van der Waals surface area contributed by atoms with Gasteiger partial charge < -0.3 is 14.4 Å². The summed E-state index contributed by atoms with van der Waals surface area (Å²) in [6.07, 6.45) is 4.12. The summed E-state index contributed by atoms with van der Waals surface area (Å²) in [7, 11) is 0. The minimum Gasteiger partial charge on any atom is -0.353 e. The Morgan fingerprint density at radius 2 is 1.92 bits per heavy atom. The molecular formula is C20H21FN4O. The van der Waals surface area contributed by atoms with E-state index in [1.54, 1.807) is 12.3 Å².